The van der Waals surface area contributed by atoms with Crippen LogP contribution in [0, 0.1) is 0 Å². The average molecular weight is 589 g/mol. The third kappa shape index (κ3) is 6.00. The van der Waals surface area contributed by atoms with Crippen LogP contribution in [0.15, 0.2) is 146 Å². The van der Waals surface area contributed by atoms with Crippen molar-refractivity contribution in [2.24, 2.45) is 0 Å². The van der Waals surface area contributed by atoms with Crippen molar-refractivity contribution in [3.05, 3.63) is 168 Å². The molecule has 0 radical (unpaired) electrons. The summed E-state index contributed by atoms with van der Waals surface area (Å²) in [4.78, 5) is 4.77. The average Bonchev–Trinajstić information content (AvgIpc) is 3.47. The van der Waals surface area contributed by atoms with E-state index < -0.39 is 0 Å². The second-order valence-corrected chi connectivity index (χ2v) is 11.4. The largest absolute Gasteiger partial charge is 0.497 e. The van der Waals surface area contributed by atoms with Gasteiger partial charge in [0, 0.05) is 35.8 Å². The lowest BCUT2D eigenvalue weighted by atomic mass is 10.0. The van der Waals surface area contributed by atoms with Gasteiger partial charge < -0.3 is 19.3 Å². The molecule has 1 aliphatic rings. The predicted molar refractivity (Wildman–Crippen MR) is 185 cm³/mol. The highest BCUT2D eigenvalue weighted by Gasteiger charge is 2.22. The van der Waals surface area contributed by atoms with E-state index in [4.69, 9.17) is 9.47 Å². The van der Waals surface area contributed by atoms with Crippen LogP contribution >= 0.6 is 0 Å². The summed E-state index contributed by atoms with van der Waals surface area (Å²) in [5.41, 5.74) is 12.4. The first kappa shape index (κ1) is 28.3. The van der Waals surface area contributed by atoms with Crippen LogP contribution in [0.3, 0.4) is 0 Å². The van der Waals surface area contributed by atoms with Gasteiger partial charge >= 0.3 is 0 Å². The number of hydrogen-bond acceptors (Lipinski definition) is 4. The molecule has 0 amide bonds. The fraction of sp³-hybridized carbons (Fsp3) is 0.122. The lowest BCUT2D eigenvalue weighted by Crippen LogP contribution is -2.16. The van der Waals surface area contributed by atoms with Crippen molar-refractivity contribution < 1.29 is 9.47 Å². The van der Waals surface area contributed by atoms with Gasteiger partial charge in [-0.15, -0.1) is 0 Å². The lowest BCUT2D eigenvalue weighted by Gasteiger charge is -2.26. The molecule has 0 bridgehead atoms. The molecule has 6 aromatic carbocycles. The van der Waals surface area contributed by atoms with Gasteiger partial charge in [0.15, 0.2) is 0 Å². The highest BCUT2D eigenvalue weighted by Crippen LogP contribution is 2.42. The van der Waals surface area contributed by atoms with E-state index in [0.717, 1.165) is 42.4 Å². The summed E-state index contributed by atoms with van der Waals surface area (Å²) >= 11 is 0. The SMILES string of the molecule is COc1cccc(CN(c2ccccc2)c2ccc3c(c2)Cc2cc(N(Cc4cccc(OC)c4)c4ccccc4)ccc2-3)c1. The van der Waals surface area contributed by atoms with E-state index in [9.17, 15) is 0 Å². The molecular formula is C41H36N2O2. The molecule has 0 heterocycles. The quantitative estimate of drug-likeness (QED) is 0.159. The minimum Gasteiger partial charge on any atom is -0.497 e. The van der Waals surface area contributed by atoms with E-state index in [0.29, 0.717) is 0 Å². The van der Waals surface area contributed by atoms with E-state index in [-0.39, 0.29) is 0 Å². The number of fused-ring (bicyclic) bond motifs is 3. The minimum absolute atomic E-state index is 0.743. The summed E-state index contributed by atoms with van der Waals surface area (Å²) in [5.74, 6) is 1.74. The van der Waals surface area contributed by atoms with Gasteiger partial charge in [-0.3, -0.25) is 0 Å². The Morgan fingerprint density at radius 2 is 0.889 bits per heavy atom. The third-order valence-corrected chi connectivity index (χ3v) is 8.56. The van der Waals surface area contributed by atoms with Crippen molar-refractivity contribution in [2.75, 3.05) is 24.0 Å². The molecule has 0 aliphatic heterocycles. The van der Waals surface area contributed by atoms with Crippen LogP contribution < -0.4 is 19.3 Å². The van der Waals surface area contributed by atoms with Crippen molar-refractivity contribution in [3.63, 3.8) is 0 Å². The predicted octanol–water partition coefficient (Wildman–Crippen LogP) is 9.95. The van der Waals surface area contributed by atoms with Gasteiger partial charge in [0.25, 0.3) is 0 Å². The number of ether oxygens (including phenoxy) is 2. The van der Waals surface area contributed by atoms with E-state index in [1.807, 2.05) is 12.1 Å². The molecule has 1 aliphatic carbocycles. The molecule has 0 fully saturated rings. The van der Waals surface area contributed by atoms with Crippen molar-refractivity contribution in [2.45, 2.75) is 19.5 Å². The summed E-state index contributed by atoms with van der Waals surface area (Å²) in [6, 6.07) is 51.7. The second kappa shape index (κ2) is 12.6. The van der Waals surface area contributed by atoms with Crippen molar-refractivity contribution >= 4 is 22.7 Å². The van der Waals surface area contributed by atoms with Gasteiger partial charge in [0.05, 0.1) is 14.2 Å². The number of nitrogens with zero attached hydrogens (tertiary/aromatic N) is 2. The molecule has 0 spiro atoms. The van der Waals surface area contributed by atoms with Gasteiger partial charge in [-0.2, -0.15) is 0 Å². The number of rotatable bonds is 10. The molecule has 6 aromatic rings. The summed E-state index contributed by atoms with van der Waals surface area (Å²) < 4.78 is 11.0. The molecular weight excluding hydrogens is 552 g/mol. The van der Waals surface area contributed by atoms with Crippen molar-refractivity contribution in [1.82, 2.24) is 0 Å². The normalized spacial score (nSPS) is 11.4. The number of hydrogen-bond donors (Lipinski definition) is 0. The number of anilines is 4. The van der Waals surface area contributed by atoms with Gasteiger partial charge in [-0.1, -0.05) is 72.8 Å². The maximum absolute atomic E-state index is 5.51. The molecule has 0 saturated heterocycles. The van der Waals surface area contributed by atoms with Gasteiger partial charge in [-0.05, 0) is 113 Å². The zero-order chi connectivity index (χ0) is 30.6. The Labute approximate surface area is 265 Å². The molecule has 0 saturated carbocycles. The summed E-state index contributed by atoms with van der Waals surface area (Å²) in [5, 5.41) is 0. The summed E-state index contributed by atoms with van der Waals surface area (Å²) in [6.07, 6.45) is 0.899. The first-order valence-electron chi connectivity index (χ1n) is 15.4. The molecule has 0 aromatic heterocycles. The molecule has 4 nitrogen and oxygen atoms in total. The fourth-order valence-electron chi connectivity index (χ4n) is 6.31. The van der Waals surface area contributed by atoms with Crippen LogP contribution in [0.5, 0.6) is 11.5 Å². The Bertz CT molecular complexity index is 1780. The number of methoxy groups -OCH3 is 2. The van der Waals surface area contributed by atoms with Crippen LogP contribution in [-0.4, -0.2) is 14.2 Å². The Morgan fingerprint density at radius 1 is 0.444 bits per heavy atom. The summed E-state index contributed by atoms with van der Waals surface area (Å²) in [6.45, 7) is 1.49. The molecule has 45 heavy (non-hydrogen) atoms. The number of para-hydroxylation sites is 2. The molecule has 4 heteroatoms. The van der Waals surface area contributed by atoms with E-state index in [1.54, 1.807) is 14.2 Å². The highest BCUT2D eigenvalue weighted by molar-refractivity contribution is 5.82. The van der Waals surface area contributed by atoms with E-state index in [2.05, 4.69) is 143 Å². The molecule has 7 rings (SSSR count). The molecule has 0 atom stereocenters. The maximum atomic E-state index is 5.51. The Hall–Kier alpha value is -5.48. The Kier molecular flexibility index (Phi) is 7.94. The van der Waals surface area contributed by atoms with Crippen molar-refractivity contribution in [1.29, 1.82) is 0 Å². The first-order valence-corrected chi connectivity index (χ1v) is 15.4. The number of benzene rings is 6. The minimum atomic E-state index is 0.743. The van der Waals surface area contributed by atoms with Gasteiger partial charge in [0.1, 0.15) is 11.5 Å². The Balaban J connectivity index is 1.21. The fourth-order valence-corrected chi connectivity index (χ4v) is 6.31. The van der Waals surface area contributed by atoms with Gasteiger partial charge in [-0.25, -0.2) is 0 Å². The smallest absolute Gasteiger partial charge is 0.119 e. The molecule has 0 unspecified atom stereocenters. The van der Waals surface area contributed by atoms with E-state index in [1.165, 1.54) is 44.8 Å². The second-order valence-electron chi connectivity index (χ2n) is 11.4. The third-order valence-electron chi connectivity index (χ3n) is 8.56. The highest BCUT2D eigenvalue weighted by atomic mass is 16.5. The Morgan fingerprint density at radius 3 is 1.31 bits per heavy atom. The zero-order valence-electron chi connectivity index (χ0n) is 25.7. The van der Waals surface area contributed by atoms with Crippen LogP contribution in [0.1, 0.15) is 22.3 Å². The zero-order valence-corrected chi connectivity index (χ0v) is 25.7. The monoisotopic (exact) mass is 588 g/mol. The molecule has 222 valence electrons. The molecule has 0 N–H and O–H groups in total. The van der Waals surface area contributed by atoms with Crippen molar-refractivity contribution in [3.8, 4) is 22.6 Å². The van der Waals surface area contributed by atoms with E-state index >= 15 is 0 Å². The topological polar surface area (TPSA) is 24.9 Å². The van der Waals surface area contributed by atoms with Crippen LogP contribution in [0.4, 0.5) is 22.7 Å². The standard InChI is InChI=1S/C41H36N2O2/c1-44-38-17-9-11-30(23-38)28-42(34-13-5-3-6-14-34)36-19-21-40-32(26-36)25-33-27-37(20-22-41(33)40)43(35-15-7-4-8-16-35)29-31-12-10-18-39(24-31)45-2/h3-24,26-27H,25,28-29H2,1-2H3. The van der Waals surface area contributed by atoms with Crippen LogP contribution in [0.2, 0.25) is 0 Å². The lowest BCUT2D eigenvalue weighted by molar-refractivity contribution is 0.414. The van der Waals surface area contributed by atoms with Crippen LogP contribution in [-0.2, 0) is 19.5 Å². The van der Waals surface area contributed by atoms with Crippen LogP contribution in [0.25, 0.3) is 11.1 Å². The summed E-state index contributed by atoms with van der Waals surface area (Å²) in [7, 11) is 3.44. The first-order chi connectivity index (χ1) is 22.2. The van der Waals surface area contributed by atoms with Gasteiger partial charge in [0.2, 0.25) is 0 Å². The maximum Gasteiger partial charge on any atom is 0.119 e.